The average molecular weight is 517 g/mol. The van der Waals surface area contributed by atoms with Gasteiger partial charge in [0.15, 0.2) is 0 Å². The number of hydrogen-bond acceptors (Lipinski definition) is 5. The molecule has 0 amide bonds. The van der Waals surface area contributed by atoms with E-state index in [1.807, 2.05) is 0 Å². The molecule has 0 N–H and O–H groups in total. The molecule has 0 spiro atoms. The van der Waals surface area contributed by atoms with Crippen LogP contribution in [0.4, 0.5) is 5.69 Å². The molecule has 7 nitrogen and oxygen atoms in total. The summed E-state index contributed by atoms with van der Waals surface area (Å²) < 4.78 is 34.1. The van der Waals surface area contributed by atoms with Crippen molar-refractivity contribution in [1.82, 2.24) is 4.57 Å². The topological polar surface area (TPSA) is 85.7 Å². The molecule has 0 saturated heterocycles. The first-order chi connectivity index (χ1) is 16.2. The van der Waals surface area contributed by atoms with E-state index in [1.165, 1.54) is 48.2 Å². The van der Waals surface area contributed by atoms with Gasteiger partial charge >= 0.3 is 5.97 Å². The first-order valence-corrected chi connectivity index (χ1v) is 12.2. The summed E-state index contributed by atoms with van der Waals surface area (Å²) >= 11 is 12.3. The van der Waals surface area contributed by atoms with Crippen molar-refractivity contribution in [3.8, 4) is 0 Å². The van der Waals surface area contributed by atoms with Gasteiger partial charge in [-0.3, -0.25) is 13.7 Å². The maximum Gasteiger partial charge on any atom is 0.340 e. The summed E-state index contributed by atoms with van der Waals surface area (Å²) in [7, 11) is -2.92. The Hall–Kier alpha value is -3.33. The molecule has 0 aliphatic heterocycles. The van der Waals surface area contributed by atoms with Gasteiger partial charge in [0, 0.05) is 21.6 Å². The Kier molecular flexibility index (Phi) is 6.65. The number of halogens is 2. The van der Waals surface area contributed by atoms with Crippen LogP contribution in [-0.2, 0) is 14.8 Å². The number of fused-ring (bicyclic) bond motifs is 1. The lowest BCUT2D eigenvalue weighted by Gasteiger charge is -2.24. The number of para-hydroxylation sites is 1. The highest BCUT2D eigenvalue weighted by atomic mass is 35.5. The molecule has 0 fully saturated rings. The van der Waals surface area contributed by atoms with E-state index in [9.17, 15) is 18.0 Å². The largest absolute Gasteiger partial charge is 0.465 e. The summed E-state index contributed by atoms with van der Waals surface area (Å²) in [6.45, 7) is -0.576. The standard InChI is InChI=1S/C24H18Cl2N2O5S/c1-33-24(30)21-14-27(22-10-6-5-9-20(21)22)23(29)15-28(18-12-16(25)11-17(26)13-18)34(31,32)19-7-3-2-4-8-19/h2-14H,15H2,1H3. The lowest BCUT2D eigenvalue weighted by Crippen LogP contribution is -2.37. The molecular formula is C24H18Cl2N2O5S. The number of sulfonamides is 1. The first kappa shape index (κ1) is 23.8. The normalized spacial score (nSPS) is 11.4. The smallest absolute Gasteiger partial charge is 0.340 e. The van der Waals surface area contributed by atoms with E-state index in [0.29, 0.717) is 10.9 Å². The van der Waals surface area contributed by atoms with Gasteiger partial charge in [-0.05, 0) is 36.4 Å². The molecule has 0 unspecified atom stereocenters. The minimum atomic E-state index is -4.17. The number of esters is 1. The van der Waals surface area contributed by atoms with Crippen LogP contribution in [0.25, 0.3) is 10.9 Å². The Labute approximate surface area is 206 Å². The Morgan fingerprint density at radius 3 is 2.21 bits per heavy atom. The average Bonchev–Trinajstić information content (AvgIpc) is 3.21. The molecule has 0 atom stereocenters. The molecule has 1 aromatic heterocycles. The summed E-state index contributed by atoms with van der Waals surface area (Å²) in [5.41, 5.74) is 0.753. The number of nitrogens with zero attached hydrogens (tertiary/aromatic N) is 2. The quantitative estimate of drug-likeness (QED) is 0.326. The van der Waals surface area contributed by atoms with Crippen molar-refractivity contribution >= 4 is 61.7 Å². The van der Waals surface area contributed by atoms with Gasteiger partial charge < -0.3 is 4.74 Å². The molecule has 0 radical (unpaired) electrons. The van der Waals surface area contributed by atoms with Crippen LogP contribution < -0.4 is 4.31 Å². The summed E-state index contributed by atoms with van der Waals surface area (Å²) in [6.07, 6.45) is 1.34. The van der Waals surface area contributed by atoms with Crippen LogP contribution in [0.2, 0.25) is 10.0 Å². The number of methoxy groups -OCH3 is 1. The third kappa shape index (κ3) is 4.52. The predicted octanol–water partition coefficient (Wildman–Crippen LogP) is 5.27. The summed E-state index contributed by atoms with van der Waals surface area (Å²) in [5.74, 6) is -1.21. The van der Waals surface area contributed by atoms with Crippen LogP contribution in [-0.4, -0.2) is 38.5 Å². The summed E-state index contributed by atoms with van der Waals surface area (Å²) in [5, 5.41) is 0.927. The van der Waals surface area contributed by atoms with Crippen molar-refractivity contribution in [2.75, 3.05) is 18.0 Å². The predicted molar refractivity (Wildman–Crippen MR) is 131 cm³/mol. The fourth-order valence-corrected chi connectivity index (χ4v) is 5.51. The highest BCUT2D eigenvalue weighted by molar-refractivity contribution is 7.92. The van der Waals surface area contributed by atoms with Crippen molar-refractivity contribution in [2.24, 2.45) is 0 Å². The molecule has 10 heteroatoms. The summed E-state index contributed by atoms with van der Waals surface area (Å²) in [6, 6.07) is 18.8. The lowest BCUT2D eigenvalue weighted by atomic mass is 10.2. The van der Waals surface area contributed by atoms with Crippen LogP contribution in [0.15, 0.2) is 83.9 Å². The zero-order chi connectivity index (χ0) is 24.5. The molecule has 0 aliphatic rings. The van der Waals surface area contributed by atoms with Gasteiger partial charge in [0.05, 0.1) is 28.8 Å². The second kappa shape index (κ2) is 9.50. The molecule has 0 saturated carbocycles. The fourth-order valence-electron chi connectivity index (χ4n) is 3.58. The van der Waals surface area contributed by atoms with E-state index >= 15 is 0 Å². The minimum absolute atomic E-state index is 0.00786. The van der Waals surface area contributed by atoms with Crippen molar-refractivity contribution in [1.29, 1.82) is 0 Å². The Morgan fingerprint density at radius 1 is 0.941 bits per heavy atom. The van der Waals surface area contributed by atoms with Gasteiger partial charge in [-0.25, -0.2) is 13.2 Å². The second-order valence-corrected chi connectivity index (χ2v) is 10.0. The molecule has 4 rings (SSSR count). The zero-order valence-electron chi connectivity index (χ0n) is 17.8. The number of benzene rings is 3. The number of rotatable bonds is 6. The van der Waals surface area contributed by atoms with Crippen LogP contribution in [0.3, 0.4) is 0 Å². The first-order valence-electron chi connectivity index (χ1n) is 9.98. The van der Waals surface area contributed by atoms with Gasteiger partial charge in [-0.2, -0.15) is 0 Å². The molecule has 0 aliphatic carbocycles. The number of carbonyl (C=O) groups is 2. The number of ether oxygens (including phenoxy) is 1. The van der Waals surface area contributed by atoms with Crippen LogP contribution >= 0.6 is 23.2 Å². The SMILES string of the molecule is COC(=O)c1cn(C(=O)CN(c2cc(Cl)cc(Cl)c2)S(=O)(=O)c2ccccc2)c2ccccc12. The highest BCUT2D eigenvalue weighted by Crippen LogP contribution is 2.30. The van der Waals surface area contributed by atoms with Crippen molar-refractivity contribution in [3.05, 3.63) is 94.6 Å². The van der Waals surface area contributed by atoms with E-state index in [2.05, 4.69) is 0 Å². The van der Waals surface area contributed by atoms with Gasteiger partial charge in [0.2, 0.25) is 0 Å². The Morgan fingerprint density at radius 2 is 1.56 bits per heavy atom. The minimum Gasteiger partial charge on any atom is -0.465 e. The maximum atomic E-state index is 13.5. The zero-order valence-corrected chi connectivity index (χ0v) is 20.1. The van der Waals surface area contributed by atoms with Crippen molar-refractivity contribution in [3.63, 3.8) is 0 Å². The number of aromatic nitrogens is 1. The van der Waals surface area contributed by atoms with E-state index in [1.54, 1.807) is 42.5 Å². The second-order valence-electron chi connectivity index (χ2n) is 7.27. The van der Waals surface area contributed by atoms with E-state index in [0.717, 1.165) is 4.31 Å². The van der Waals surface area contributed by atoms with E-state index < -0.39 is 28.4 Å². The summed E-state index contributed by atoms with van der Waals surface area (Å²) in [4.78, 5) is 25.7. The van der Waals surface area contributed by atoms with E-state index in [-0.39, 0.29) is 26.2 Å². The monoisotopic (exact) mass is 516 g/mol. The molecule has 4 aromatic rings. The van der Waals surface area contributed by atoms with Gasteiger partial charge in [0.25, 0.3) is 15.9 Å². The molecule has 174 valence electrons. The van der Waals surface area contributed by atoms with Crippen LogP contribution in [0.1, 0.15) is 15.2 Å². The van der Waals surface area contributed by atoms with Gasteiger partial charge in [0.1, 0.15) is 6.54 Å². The van der Waals surface area contributed by atoms with Crippen molar-refractivity contribution in [2.45, 2.75) is 4.90 Å². The van der Waals surface area contributed by atoms with Crippen molar-refractivity contribution < 1.29 is 22.7 Å². The molecule has 0 bridgehead atoms. The number of carbonyl (C=O) groups excluding carboxylic acids is 2. The van der Waals surface area contributed by atoms with Crippen LogP contribution in [0.5, 0.6) is 0 Å². The molecule has 1 heterocycles. The third-order valence-corrected chi connectivity index (χ3v) is 7.36. The number of anilines is 1. The molecule has 34 heavy (non-hydrogen) atoms. The Bertz CT molecular complexity index is 1480. The van der Waals surface area contributed by atoms with E-state index in [4.69, 9.17) is 27.9 Å². The highest BCUT2D eigenvalue weighted by Gasteiger charge is 2.29. The molecular weight excluding hydrogens is 499 g/mol. The number of hydrogen-bond donors (Lipinski definition) is 0. The van der Waals surface area contributed by atoms with Gasteiger partial charge in [-0.1, -0.05) is 59.6 Å². The third-order valence-electron chi connectivity index (χ3n) is 5.13. The van der Waals surface area contributed by atoms with Gasteiger partial charge in [-0.15, -0.1) is 0 Å². The lowest BCUT2D eigenvalue weighted by molar-refractivity contribution is 0.0603. The Balaban J connectivity index is 1.83. The van der Waals surface area contributed by atoms with Crippen LogP contribution in [0, 0.1) is 0 Å². The maximum absolute atomic E-state index is 13.5. The fraction of sp³-hybridized carbons (Fsp3) is 0.0833. The molecule has 3 aromatic carbocycles.